The van der Waals surface area contributed by atoms with Gasteiger partial charge in [-0.05, 0) is 29.7 Å². The summed E-state index contributed by atoms with van der Waals surface area (Å²) in [5.74, 6) is 1.15. The van der Waals surface area contributed by atoms with Gasteiger partial charge >= 0.3 is 0 Å². The van der Waals surface area contributed by atoms with Crippen molar-refractivity contribution >= 4 is 0 Å². The first-order valence-corrected chi connectivity index (χ1v) is 6.09. The van der Waals surface area contributed by atoms with Crippen LogP contribution in [-0.2, 0) is 19.5 Å². The van der Waals surface area contributed by atoms with Crippen molar-refractivity contribution in [2.24, 2.45) is 0 Å². The molecule has 2 aromatic rings. The first-order chi connectivity index (χ1) is 8.81. The predicted molar refractivity (Wildman–Crippen MR) is 69.8 cm³/mol. The van der Waals surface area contributed by atoms with Gasteiger partial charge in [0.2, 0.25) is 5.76 Å². The first kappa shape index (κ1) is 12.4. The van der Waals surface area contributed by atoms with Gasteiger partial charge in [-0.1, -0.05) is 31.2 Å². The molecule has 0 aliphatic carbocycles. The lowest BCUT2D eigenvalue weighted by molar-refractivity contribution is 0.474. The van der Waals surface area contributed by atoms with Gasteiger partial charge in [-0.15, -0.1) is 0 Å². The molecular formula is C15H16N2O. The number of nitriles is 1. The van der Waals surface area contributed by atoms with Crippen LogP contribution in [0.3, 0.4) is 0 Å². The zero-order valence-corrected chi connectivity index (χ0v) is 10.4. The third-order valence-electron chi connectivity index (χ3n) is 2.83. The summed E-state index contributed by atoms with van der Waals surface area (Å²) in [6.07, 6.45) is 1.07. The van der Waals surface area contributed by atoms with Crippen molar-refractivity contribution in [3.05, 3.63) is 59.0 Å². The minimum absolute atomic E-state index is 0.360. The number of nitrogens with zero attached hydrogens (tertiary/aromatic N) is 1. The summed E-state index contributed by atoms with van der Waals surface area (Å²) in [6.45, 7) is 3.58. The van der Waals surface area contributed by atoms with Crippen LogP contribution in [-0.4, -0.2) is 0 Å². The van der Waals surface area contributed by atoms with E-state index >= 15 is 0 Å². The molecule has 2 rings (SSSR count). The van der Waals surface area contributed by atoms with Gasteiger partial charge in [0.1, 0.15) is 11.8 Å². The van der Waals surface area contributed by atoms with Gasteiger partial charge < -0.3 is 9.73 Å². The molecule has 1 N–H and O–H groups in total. The summed E-state index contributed by atoms with van der Waals surface area (Å²) in [6, 6.07) is 14.1. The lowest BCUT2D eigenvalue weighted by atomic mass is 10.1. The molecule has 3 nitrogen and oxygen atoms in total. The Balaban J connectivity index is 1.82. The maximum atomic E-state index is 8.64. The average molecular weight is 240 g/mol. The van der Waals surface area contributed by atoms with Crippen molar-refractivity contribution in [1.82, 2.24) is 5.32 Å². The van der Waals surface area contributed by atoms with Crippen LogP contribution in [0.1, 0.15) is 29.6 Å². The molecule has 0 spiro atoms. The van der Waals surface area contributed by atoms with Crippen LogP contribution in [0, 0.1) is 11.3 Å². The minimum Gasteiger partial charge on any atom is -0.449 e. The lowest BCUT2D eigenvalue weighted by Gasteiger charge is -2.04. The minimum atomic E-state index is 0.360. The monoisotopic (exact) mass is 240 g/mol. The Morgan fingerprint density at radius 2 is 1.78 bits per heavy atom. The number of benzene rings is 1. The summed E-state index contributed by atoms with van der Waals surface area (Å²) < 4.78 is 5.28. The van der Waals surface area contributed by atoms with E-state index in [2.05, 4.69) is 36.5 Å². The fourth-order valence-electron chi connectivity index (χ4n) is 1.76. The molecule has 1 heterocycles. The Bertz CT molecular complexity index is 534. The first-order valence-electron chi connectivity index (χ1n) is 6.09. The van der Waals surface area contributed by atoms with E-state index in [1.165, 1.54) is 11.1 Å². The number of furan rings is 1. The van der Waals surface area contributed by atoms with E-state index in [0.29, 0.717) is 12.3 Å². The Hall–Kier alpha value is -2.05. The summed E-state index contributed by atoms with van der Waals surface area (Å²) in [5.41, 5.74) is 2.60. The lowest BCUT2D eigenvalue weighted by Crippen LogP contribution is -2.12. The summed E-state index contributed by atoms with van der Waals surface area (Å²) in [4.78, 5) is 0. The van der Waals surface area contributed by atoms with Crippen LogP contribution < -0.4 is 5.32 Å². The maximum Gasteiger partial charge on any atom is 0.203 e. The fraction of sp³-hybridized carbons (Fsp3) is 0.267. The van der Waals surface area contributed by atoms with Gasteiger partial charge in [0, 0.05) is 6.54 Å². The van der Waals surface area contributed by atoms with Crippen molar-refractivity contribution in [2.45, 2.75) is 26.4 Å². The molecule has 0 fully saturated rings. The Kier molecular flexibility index (Phi) is 4.16. The van der Waals surface area contributed by atoms with E-state index in [-0.39, 0.29) is 0 Å². The summed E-state index contributed by atoms with van der Waals surface area (Å²) in [7, 11) is 0. The second-order valence-corrected chi connectivity index (χ2v) is 4.15. The highest BCUT2D eigenvalue weighted by Gasteiger charge is 2.00. The van der Waals surface area contributed by atoms with E-state index in [1.54, 1.807) is 6.07 Å². The van der Waals surface area contributed by atoms with E-state index in [9.17, 15) is 0 Å². The van der Waals surface area contributed by atoms with Gasteiger partial charge in [-0.3, -0.25) is 0 Å². The van der Waals surface area contributed by atoms with Crippen molar-refractivity contribution < 1.29 is 4.42 Å². The molecule has 0 atom stereocenters. The largest absolute Gasteiger partial charge is 0.449 e. The topological polar surface area (TPSA) is 49.0 Å². The van der Waals surface area contributed by atoms with Crippen LogP contribution >= 0.6 is 0 Å². The second-order valence-electron chi connectivity index (χ2n) is 4.15. The fourth-order valence-corrected chi connectivity index (χ4v) is 1.76. The zero-order valence-electron chi connectivity index (χ0n) is 10.4. The van der Waals surface area contributed by atoms with E-state index in [1.807, 2.05) is 12.1 Å². The number of aryl methyl sites for hydroxylation is 1. The number of hydrogen-bond acceptors (Lipinski definition) is 3. The molecule has 0 radical (unpaired) electrons. The molecule has 0 amide bonds. The predicted octanol–water partition coefficient (Wildman–Crippen LogP) is 3.00. The van der Waals surface area contributed by atoms with Crippen LogP contribution in [0.15, 0.2) is 40.8 Å². The number of rotatable bonds is 5. The van der Waals surface area contributed by atoms with Crippen molar-refractivity contribution in [3.63, 3.8) is 0 Å². The highest BCUT2D eigenvalue weighted by atomic mass is 16.3. The number of nitrogens with one attached hydrogen (secondary N) is 1. The molecule has 1 aromatic heterocycles. The van der Waals surface area contributed by atoms with E-state index < -0.39 is 0 Å². The quantitative estimate of drug-likeness (QED) is 0.874. The Morgan fingerprint density at radius 3 is 2.39 bits per heavy atom. The molecule has 3 heteroatoms. The normalized spacial score (nSPS) is 10.2. The second kappa shape index (κ2) is 6.04. The third kappa shape index (κ3) is 3.22. The molecule has 1 aromatic carbocycles. The van der Waals surface area contributed by atoms with Crippen molar-refractivity contribution in [1.29, 1.82) is 5.26 Å². The molecule has 18 heavy (non-hydrogen) atoms. The third-order valence-corrected chi connectivity index (χ3v) is 2.83. The van der Waals surface area contributed by atoms with Gasteiger partial charge in [-0.25, -0.2) is 0 Å². The highest BCUT2D eigenvalue weighted by Crippen LogP contribution is 2.07. The van der Waals surface area contributed by atoms with Crippen LogP contribution in [0.4, 0.5) is 0 Å². The van der Waals surface area contributed by atoms with Crippen molar-refractivity contribution in [3.8, 4) is 6.07 Å². The average Bonchev–Trinajstić information content (AvgIpc) is 2.87. The van der Waals surface area contributed by atoms with Crippen molar-refractivity contribution in [2.75, 3.05) is 0 Å². The molecule has 0 unspecified atom stereocenters. The maximum absolute atomic E-state index is 8.64. The summed E-state index contributed by atoms with van der Waals surface area (Å²) >= 11 is 0. The SMILES string of the molecule is CCc1ccc(CNCc2ccc(C#N)o2)cc1. The van der Waals surface area contributed by atoms with Gasteiger partial charge in [0.15, 0.2) is 0 Å². The molecule has 0 aliphatic heterocycles. The standard InChI is InChI=1S/C15H16N2O/c1-2-12-3-5-13(6-4-12)10-17-11-15-8-7-14(9-16)18-15/h3-8,17H,2,10-11H2,1H3. The van der Waals surface area contributed by atoms with Gasteiger partial charge in [-0.2, -0.15) is 5.26 Å². The van der Waals surface area contributed by atoms with Crippen LogP contribution in [0.5, 0.6) is 0 Å². The molecule has 0 saturated carbocycles. The summed E-state index contributed by atoms with van der Waals surface area (Å²) in [5, 5.41) is 11.9. The Morgan fingerprint density at radius 1 is 1.06 bits per heavy atom. The van der Waals surface area contributed by atoms with Crippen LogP contribution in [0.2, 0.25) is 0 Å². The van der Waals surface area contributed by atoms with E-state index in [0.717, 1.165) is 18.7 Å². The Labute approximate surface area is 107 Å². The van der Waals surface area contributed by atoms with Gasteiger partial charge in [0.05, 0.1) is 6.54 Å². The number of hydrogen-bond donors (Lipinski definition) is 1. The highest BCUT2D eigenvalue weighted by molar-refractivity contribution is 5.22. The molecule has 0 saturated heterocycles. The molecular weight excluding hydrogens is 224 g/mol. The molecule has 0 aliphatic rings. The van der Waals surface area contributed by atoms with Crippen LogP contribution in [0.25, 0.3) is 0 Å². The zero-order chi connectivity index (χ0) is 12.8. The van der Waals surface area contributed by atoms with E-state index in [4.69, 9.17) is 9.68 Å². The molecule has 92 valence electrons. The van der Waals surface area contributed by atoms with Gasteiger partial charge in [0.25, 0.3) is 0 Å². The smallest absolute Gasteiger partial charge is 0.203 e. The molecule has 0 bridgehead atoms.